The van der Waals surface area contributed by atoms with Gasteiger partial charge in [-0.05, 0) is 42.5 Å². The third-order valence-corrected chi connectivity index (χ3v) is 2.80. The molecular weight excluding hydrogens is 240 g/mol. The van der Waals surface area contributed by atoms with E-state index in [1.807, 2.05) is 54.6 Å². The van der Waals surface area contributed by atoms with E-state index >= 15 is 0 Å². The molecule has 0 amide bonds. The molecule has 1 aliphatic heterocycles. The van der Waals surface area contributed by atoms with E-state index in [0.717, 1.165) is 17.1 Å². The van der Waals surface area contributed by atoms with Crippen LogP contribution in [0, 0.1) is 0 Å². The first-order valence-electron chi connectivity index (χ1n) is 6.05. The van der Waals surface area contributed by atoms with Crippen LogP contribution in [0.25, 0.3) is 5.76 Å². The number of esters is 1. The minimum Gasteiger partial charge on any atom is -0.457 e. The summed E-state index contributed by atoms with van der Waals surface area (Å²) in [6.07, 6.45) is 2.13. The molecule has 19 heavy (non-hydrogen) atoms. The lowest BCUT2D eigenvalue weighted by atomic mass is 10.2. The van der Waals surface area contributed by atoms with Crippen molar-refractivity contribution in [2.75, 3.05) is 0 Å². The average Bonchev–Trinajstić information content (AvgIpc) is 2.87. The van der Waals surface area contributed by atoms with Gasteiger partial charge in [-0.1, -0.05) is 18.2 Å². The standard InChI is InChI=1S/C16H12O3/c17-16-11-10-15(19-16)12-6-8-14(9-7-12)18-13-4-2-1-3-5-13/h1-10H,11H2. The molecule has 3 rings (SSSR count). The van der Waals surface area contributed by atoms with Gasteiger partial charge in [-0.25, -0.2) is 0 Å². The van der Waals surface area contributed by atoms with E-state index in [2.05, 4.69) is 0 Å². The van der Waals surface area contributed by atoms with Crippen molar-refractivity contribution in [1.82, 2.24) is 0 Å². The summed E-state index contributed by atoms with van der Waals surface area (Å²) >= 11 is 0. The molecule has 0 fully saturated rings. The number of hydrogen-bond donors (Lipinski definition) is 0. The molecule has 0 aliphatic carbocycles. The van der Waals surface area contributed by atoms with Crippen LogP contribution in [0.1, 0.15) is 12.0 Å². The molecule has 0 saturated heterocycles. The fourth-order valence-corrected chi connectivity index (χ4v) is 1.87. The van der Waals surface area contributed by atoms with Crippen LogP contribution in [-0.2, 0) is 9.53 Å². The molecule has 0 spiro atoms. The third-order valence-electron chi connectivity index (χ3n) is 2.80. The zero-order chi connectivity index (χ0) is 13.1. The summed E-state index contributed by atoms with van der Waals surface area (Å²) in [5.41, 5.74) is 0.881. The van der Waals surface area contributed by atoms with E-state index in [-0.39, 0.29) is 5.97 Å². The van der Waals surface area contributed by atoms with Gasteiger partial charge in [0.2, 0.25) is 0 Å². The third kappa shape index (κ3) is 2.65. The highest BCUT2D eigenvalue weighted by Crippen LogP contribution is 2.26. The van der Waals surface area contributed by atoms with Crippen LogP contribution in [0.4, 0.5) is 0 Å². The second kappa shape index (κ2) is 4.98. The first kappa shape index (κ1) is 11.5. The molecule has 3 heteroatoms. The summed E-state index contributed by atoms with van der Waals surface area (Å²) in [4.78, 5) is 11.0. The Morgan fingerprint density at radius 1 is 0.895 bits per heavy atom. The number of carbonyl (C=O) groups is 1. The minimum absolute atomic E-state index is 0.209. The van der Waals surface area contributed by atoms with Gasteiger partial charge in [0, 0.05) is 5.56 Å². The maximum atomic E-state index is 11.0. The van der Waals surface area contributed by atoms with Crippen molar-refractivity contribution in [3.05, 3.63) is 66.2 Å². The second-order valence-corrected chi connectivity index (χ2v) is 4.19. The van der Waals surface area contributed by atoms with Gasteiger partial charge >= 0.3 is 5.97 Å². The van der Waals surface area contributed by atoms with E-state index in [1.165, 1.54) is 0 Å². The zero-order valence-electron chi connectivity index (χ0n) is 10.2. The number of carbonyl (C=O) groups excluding carboxylic acids is 1. The van der Waals surface area contributed by atoms with Crippen LogP contribution >= 0.6 is 0 Å². The maximum Gasteiger partial charge on any atom is 0.315 e. The molecular formula is C16H12O3. The average molecular weight is 252 g/mol. The predicted octanol–water partition coefficient (Wildman–Crippen LogP) is 3.77. The molecule has 1 heterocycles. The monoisotopic (exact) mass is 252 g/mol. The highest BCUT2D eigenvalue weighted by atomic mass is 16.5. The topological polar surface area (TPSA) is 35.5 Å². The fourth-order valence-electron chi connectivity index (χ4n) is 1.87. The van der Waals surface area contributed by atoms with E-state index in [1.54, 1.807) is 6.08 Å². The van der Waals surface area contributed by atoms with Crippen LogP contribution in [0.5, 0.6) is 11.5 Å². The highest BCUT2D eigenvalue weighted by Gasteiger charge is 2.15. The van der Waals surface area contributed by atoms with Crippen LogP contribution < -0.4 is 4.74 Å². The summed E-state index contributed by atoms with van der Waals surface area (Å²) in [7, 11) is 0. The Balaban J connectivity index is 1.74. The predicted molar refractivity (Wildman–Crippen MR) is 71.6 cm³/mol. The Bertz CT molecular complexity index is 612. The molecule has 0 aromatic heterocycles. The van der Waals surface area contributed by atoms with E-state index < -0.39 is 0 Å². The Labute approximate surface area is 111 Å². The molecule has 2 aromatic carbocycles. The molecule has 0 unspecified atom stereocenters. The van der Waals surface area contributed by atoms with Crippen molar-refractivity contribution in [1.29, 1.82) is 0 Å². The second-order valence-electron chi connectivity index (χ2n) is 4.19. The maximum absolute atomic E-state index is 11.0. The molecule has 0 bridgehead atoms. The smallest absolute Gasteiger partial charge is 0.315 e. The quantitative estimate of drug-likeness (QED) is 0.780. The van der Waals surface area contributed by atoms with Gasteiger partial charge in [0.25, 0.3) is 0 Å². The first-order valence-corrected chi connectivity index (χ1v) is 6.05. The number of cyclic esters (lactones) is 1. The van der Waals surface area contributed by atoms with Crippen molar-refractivity contribution in [2.45, 2.75) is 6.42 Å². The summed E-state index contributed by atoms with van der Waals surface area (Å²) < 4.78 is 10.8. The van der Waals surface area contributed by atoms with Gasteiger partial charge in [0.1, 0.15) is 17.3 Å². The van der Waals surface area contributed by atoms with Crippen molar-refractivity contribution in [3.63, 3.8) is 0 Å². The Morgan fingerprint density at radius 3 is 2.21 bits per heavy atom. The largest absolute Gasteiger partial charge is 0.457 e. The number of rotatable bonds is 3. The lowest BCUT2D eigenvalue weighted by Crippen LogP contribution is -1.93. The van der Waals surface area contributed by atoms with Gasteiger partial charge in [-0.3, -0.25) is 4.79 Å². The number of para-hydroxylation sites is 1. The van der Waals surface area contributed by atoms with Gasteiger partial charge in [0.05, 0.1) is 6.42 Å². The van der Waals surface area contributed by atoms with Gasteiger partial charge in [-0.2, -0.15) is 0 Å². The summed E-state index contributed by atoms with van der Waals surface area (Å²) in [6.45, 7) is 0. The summed E-state index contributed by atoms with van der Waals surface area (Å²) in [6, 6.07) is 17.1. The molecule has 3 nitrogen and oxygen atoms in total. The van der Waals surface area contributed by atoms with E-state index in [4.69, 9.17) is 9.47 Å². The molecule has 2 aromatic rings. The van der Waals surface area contributed by atoms with Crippen molar-refractivity contribution in [2.24, 2.45) is 0 Å². The molecule has 94 valence electrons. The van der Waals surface area contributed by atoms with Crippen LogP contribution in [0.2, 0.25) is 0 Å². The van der Waals surface area contributed by atoms with E-state index in [9.17, 15) is 4.79 Å². The van der Waals surface area contributed by atoms with Crippen molar-refractivity contribution >= 4 is 11.7 Å². The van der Waals surface area contributed by atoms with Crippen molar-refractivity contribution < 1.29 is 14.3 Å². The zero-order valence-corrected chi connectivity index (χ0v) is 10.2. The normalized spacial score (nSPS) is 13.9. The lowest BCUT2D eigenvalue weighted by molar-refractivity contribution is -0.134. The van der Waals surface area contributed by atoms with Crippen LogP contribution in [0.15, 0.2) is 60.7 Å². The molecule has 0 radical (unpaired) electrons. The lowest BCUT2D eigenvalue weighted by Gasteiger charge is -2.07. The van der Waals surface area contributed by atoms with Gasteiger partial charge in [-0.15, -0.1) is 0 Å². The highest BCUT2D eigenvalue weighted by molar-refractivity contribution is 5.85. The number of ether oxygens (including phenoxy) is 2. The Kier molecular flexibility index (Phi) is 3.02. The number of benzene rings is 2. The van der Waals surface area contributed by atoms with Crippen LogP contribution in [0.3, 0.4) is 0 Å². The minimum atomic E-state index is -0.209. The molecule has 0 atom stereocenters. The SMILES string of the molecule is O=C1CC=C(c2ccc(Oc3ccccc3)cc2)O1. The first-order chi connectivity index (χ1) is 9.31. The van der Waals surface area contributed by atoms with Crippen molar-refractivity contribution in [3.8, 4) is 11.5 Å². The van der Waals surface area contributed by atoms with Gasteiger partial charge < -0.3 is 9.47 Å². The Morgan fingerprint density at radius 2 is 1.58 bits per heavy atom. The summed E-state index contributed by atoms with van der Waals surface area (Å²) in [5, 5.41) is 0. The van der Waals surface area contributed by atoms with Crippen LogP contribution in [-0.4, -0.2) is 5.97 Å². The molecule has 0 N–H and O–H groups in total. The van der Waals surface area contributed by atoms with Gasteiger partial charge in [0.15, 0.2) is 0 Å². The van der Waals surface area contributed by atoms with E-state index in [0.29, 0.717) is 12.2 Å². The molecule has 1 aliphatic rings. The fraction of sp³-hybridized carbons (Fsp3) is 0.0625. The summed E-state index contributed by atoms with van der Waals surface area (Å²) in [5.74, 6) is 1.96. The molecule has 0 saturated carbocycles. The number of hydrogen-bond acceptors (Lipinski definition) is 3. The Hall–Kier alpha value is -2.55.